The molecule has 152 valence electrons. The van der Waals surface area contributed by atoms with Crippen molar-refractivity contribution in [3.8, 4) is 17.0 Å². The van der Waals surface area contributed by atoms with Crippen molar-refractivity contribution >= 4 is 0 Å². The van der Waals surface area contributed by atoms with Gasteiger partial charge in [-0.25, -0.2) is 0 Å². The van der Waals surface area contributed by atoms with Gasteiger partial charge < -0.3 is 19.1 Å². The SMILES string of the molecule is OC1CCC(OCc2c(-c3ccccc3OC(F)(F)F)noc2C2CC2)CC1. The molecule has 2 aromatic rings. The first-order valence-corrected chi connectivity index (χ1v) is 9.54. The molecular formula is C20H22F3NO4. The molecule has 2 aliphatic rings. The summed E-state index contributed by atoms with van der Waals surface area (Å²) in [6, 6.07) is 5.92. The van der Waals surface area contributed by atoms with E-state index in [0.717, 1.165) is 25.7 Å². The number of hydrogen-bond donors (Lipinski definition) is 1. The Hall–Kier alpha value is -2.06. The fourth-order valence-electron chi connectivity index (χ4n) is 3.63. The van der Waals surface area contributed by atoms with Gasteiger partial charge in [-0.15, -0.1) is 13.2 Å². The van der Waals surface area contributed by atoms with Crippen LogP contribution in [0, 0.1) is 0 Å². The van der Waals surface area contributed by atoms with E-state index < -0.39 is 6.36 Å². The Kier molecular flexibility index (Phi) is 5.33. The molecule has 1 aromatic carbocycles. The maximum absolute atomic E-state index is 12.8. The Morgan fingerprint density at radius 1 is 1.07 bits per heavy atom. The van der Waals surface area contributed by atoms with Crippen molar-refractivity contribution in [1.29, 1.82) is 0 Å². The van der Waals surface area contributed by atoms with E-state index in [2.05, 4.69) is 9.89 Å². The number of nitrogens with zero attached hydrogens (tertiary/aromatic N) is 1. The van der Waals surface area contributed by atoms with Crippen LogP contribution >= 0.6 is 0 Å². The lowest BCUT2D eigenvalue weighted by Gasteiger charge is -2.25. The summed E-state index contributed by atoms with van der Waals surface area (Å²) in [4.78, 5) is 0. The zero-order valence-corrected chi connectivity index (χ0v) is 15.2. The molecule has 2 saturated carbocycles. The maximum Gasteiger partial charge on any atom is 0.573 e. The average molecular weight is 397 g/mol. The highest BCUT2D eigenvalue weighted by Crippen LogP contribution is 2.45. The molecule has 5 nitrogen and oxygen atoms in total. The van der Waals surface area contributed by atoms with Gasteiger partial charge in [0.1, 0.15) is 17.2 Å². The highest BCUT2D eigenvalue weighted by atomic mass is 19.4. The molecule has 1 aromatic heterocycles. The van der Waals surface area contributed by atoms with Crippen molar-refractivity contribution in [2.45, 2.75) is 69.6 Å². The second-order valence-corrected chi connectivity index (χ2v) is 7.43. The molecule has 0 saturated heterocycles. The zero-order valence-electron chi connectivity index (χ0n) is 15.2. The van der Waals surface area contributed by atoms with Gasteiger partial charge in [-0.05, 0) is 50.7 Å². The minimum atomic E-state index is -4.79. The zero-order chi connectivity index (χ0) is 19.7. The van der Waals surface area contributed by atoms with Crippen LogP contribution in [0.3, 0.4) is 0 Å². The van der Waals surface area contributed by atoms with E-state index in [-0.39, 0.29) is 36.0 Å². The Bertz CT molecular complexity index is 808. The fraction of sp³-hybridized carbons (Fsp3) is 0.550. The third kappa shape index (κ3) is 4.50. The van der Waals surface area contributed by atoms with Crippen molar-refractivity contribution in [3.05, 3.63) is 35.6 Å². The molecule has 4 rings (SSSR count). The van der Waals surface area contributed by atoms with E-state index >= 15 is 0 Å². The molecule has 8 heteroatoms. The largest absolute Gasteiger partial charge is 0.573 e. The minimum Gasteiger partial charge on any atom is -0.405 e. The number of para-hydroxylation sites is 1. The predicted molar refractivity (Wildman–Crippen MR) is 93.6 cm³/mol. The number of alkyl halides is 3. The highest BCUT2D eigenvalue weighted by molar-refractivity contribution is 5.70. The lowest BCUT2D eigenvalue weighted by atomic mass is 9.95. The van der Waals surface area contributed by atoms with E-state index in [4.69, 9.17) is 9.26 Å². The average Bonchev–Trinajstić information content (AvgIpc) is 3.40. The normalized spacial score (nSPS) is 23.0. The van der Waals surface area contributed by atoms with Crippen LogP contribution in [-0.2, 0) is 11.3 Å². The molecule has 2 fully saturated rings. The first kappa shape index (κ1) is 19.3. The molecule has 0 unspecified atom stereocenters. The van der Waals surface area contributed by atoms with Gasteiger partial charge in [0, 0.05) is 17.0 Å². The van der Waals surface area contributed by atoms with E-state index in [0.29, 0.717) is 29.9 Å². The summed E-state index contributed by atoms with van der Waals surface area (Å²) in [5.74, 6) is 0.615. The van der Waals surface area contributed by atoms with Crippen LogP contribution in [0.2, 0.25) is 0 Å². The van der Waals surface area contributed by atoms with Gasteiger partial charge >= 0.3 is 6.36 Å². The number of aliphatic hydroxyl groups excluding tert-OH is 1. The minimum absolute atomic E-state index is 0.0138. The van der Waals surface area contributed by atoms with Crippen LogP contribution < -0.4 is 4.74 Å². The molecule has 0 amide bonds. The van der Waals surface area contributed by atoms with Gasteiger partial charge in [0.25, 0.3) is 0 Å². The summed E-state index contributed by atoms with van der Waals surface area (Å²) >= 11 is 0. The molecule has 28 heavy (non-hydrogen) atoms. The second-order valence-electron chi connectivity index (χ2n) is 7.43. The molecular weight excluding hydrogens is 375 g/mol. The third-order valence-electron chi connectivity index (χ3n) is 5.24. The fourth-order valence-corrected chi connectivity index (χ4v) is 3.63. The van der Waals surface area contributed by atoms with Gasteiger partial charge in [-0.2, -0.15) is 0 Å². The summed E-state index contributed by atoms with van der Waals surface area (Å²) in [5, 5.41) is 13.7. The molecule has 2 aliphatic carbocycles. The van der Waals surface area contributed by atoms with Crippen molar-refractivity contribution in [2.75, 3.05) is 0 Å². The number of hydrogen-bond acceptors (Lipinski definition) is 5. The highest BCUT2D eigenvalue weighted by Gasteiger charge is 2.36. The van der Waals surface area contributed by atoms with E-state index in [9.17, 15) is 18.3 Å². The van der Waals surface area contributed by atoms with Gasteiger partial charge in [0.2, 0.25) is 0 Å². The van der Waals surface area contributed by atoms with Gasteiger partial charge in [-0.3, -0.25) is 0 Å². The number of ether oxygens (including phenoxy) is 2. The van der Waals surface area contributed by atoms with Gasteiger partial charge in [0.15, 0.2) is 0 Å². The second kappa shape index (κ2) is 7.75. The van der Waals surface area contributed by atoms with E-state index in [1.807, 2.05) is 0 Å². The maximum atomic E-state index is 12.8. The van der Waals surface area contributed by atoms with Crippen LogP contribution in [-0.4, -0.2) is 28.8 Å². The van der Waals surface area contributed by atoms with Crippen LogP contribution in [0.5, 0.6) is 5.75 Å². The van der Waals surface area contributed by atoms with Crippen LogP contribution in [0.25, 0.3) is 11.3 Å². The topological polar surface area (TPSA) is 64.7 Å². The number of rotatable bonds is 6. The number of aromatic nitrogens is 1. The van der Waals surface area contributed by atoms with E-state index in [1.165, 1.54) is 18.2 Å². The van der Waals surface area contributed by atoms with Crippen LogP contribution in [0.1, 0.15) is 55.8 Å². The number of aliphatic hydroxyl groups is 1. The quantitative estimate of drug-likeness (QED) is 0.748. The Morgan fingerprint density at radius 3 is 2.46 bits per heavy atom. The summed E-state index contributed by atoms with van der Waals surface area (Å²) in [5.41, 5.74) is 1.25. The van der Waals surface area contributed by atoms with Crippen molar-refractivity contribution < 1.29 is 32.3 Å². The molecule has 0 atom stereocenters. The lowest BCUT2D eigenvalue weighted by molar-refractivity contribution is -0.274. The smallest absolute Gasteiger partial charge is 0.405 e. The summed E-state index contributed by atoms with van der Waals surface area (Å²) in [6.07, 6.45) is -0.214. The Morgan fingerprint density at radius 2 is 1.79 bits per heavy atom. The van der Waals surface area contributed by atoms with E-state index in [1.54, 1.807) is 6.07 Å². The number of benzene rings is 1. The summed E-state index contributed by atoms with van der Waals surface area (Å²) in [6.45, 7) is 0.214. The predicted octanol–water partition coefficient (Wildman–Crippen LogP) is 4.94. The standard InChI is InChI=1S/C20H22F3NO4/c21-20(22,23)27-17-4-2-1-3-15(17)18-16(19(28-24-18)12-5-6-12)11-26-14-9-7-13(25)8-10-14/h1-4,12-14,25H,5-11H2. The molecule has 0 radical (unpaired) electrons. The summed E-state index contributed by atoms with van der Waals surface area (Å²) in [7, 11) is 0. The Labute approximate surface area is 160 Å². The van der Waals surface area contributed by atoms with Gasteiger partial charge in [-0.1, -0.05) is 17.3 Å². The molecule has 1 heterocycles. The van der Waals surface area contributed by atoms with Crippen molar-refractivity contribution in [2.24, 2.45) is 0 Å². The monoisotopic (exact) mass is 397 g/mol. The molecule has 0 spiro atoms. The van der Waals surface area contributed by atoms with Crippen molar-refractivity contribution in [3.63, 3.8) is 0 Å². The van der Waals surface area contributed by atoms with Gasteiger partial charge in [0.05, 0.1) is 18.8 Å². The first-order chi connectivity index (χ1) is 13.4. The number of halogens is 3. The van der Waals surface area contributed by atoms with Crippen LogP contribution in [0.15, 0.2) is 28.8 Å². The molecule has 0 aliphatic heterocycles. The summed E-state index contributed by atoms with van der Waals surface area (Å²) < 4.78 is 54.1. The third-order valence-corrected chi connectivity index (χ3v) is 5.24. The van der Waals surface area contributed by atoms with Crippen LogP contribution in [0.4, 0.5) is 13.2 Å². The van der Waals surface area contributed by atoms with Crippen molar-refractivity contribution in [1.82, 2.24) is 5.16 Å². The molecule has 1 N–H and O–H groups in total. The molecule has 0 bridgehead atoms. The first-order valence-electron chi connectivity index (χ1n) is 9.54. The lowest BCUT2D eigenvalue weighted by Crippen LogP contribution is -2.24. The Balaban J connectivity index is 1.60.